The second-order valence-corrected chi connectivity index (χ2v) is 7.00. The molecule has 0 unspecified atom stereocenters. The average Bonchev–Trinajstić information content (AvgIpc) is 2.96. The first kappa shape index (κ1) is 18.0. The Bertz CT molecular complexity index is 1020. The number of carbonyl (C=O) groups excluding carboxylic acids is 1. The highest BCUT2D eigenvalue weighted by Gasteiger charge is 2.40. The van der Waals surface area contributed by atoms with Crippen molar-refractivity contribution in [3.05, 3.63) is 113 Å². The molecule has 0 radical (unpaired) electrons. The van der Waals surface area contributed by atoms with Gasteiger partial charge < -0.3 is 10.0 Å². The third-order valence-electron chi connectivity index (χ3n) is 5.05. The van der Waals surface area contributed by atoms with E-state index in [1.54, 1.807) is 17.0 Å². The average molecular weight is 373 g/mol. The van der Waals surface area contributed by atoms with Gasteiger partial charge in [0.1, 0.15) is 5.82 Å². The number of aliphatic hydroxyl groups excluding tert-OH is 1. The fourth-order valence-electron chi connectivity index (χ4n) is 3.61. The van der Waals surface area contributed by atoms with Crippen LogP contribution in [0.5, 0.6) is 0 Å². The quantitative estimate of drug-likeness (QED) is 0.684. The van der Waals surface area contributed by atoms with Crippen LogP contribution in [0.1, 0.15) is 28.3 Å². The summed E-state index contributed by atoms with van der Waals surface area (Å²) in [5.74, 6) is -0.981. The van der Waals surface area contributed by atoms with Gasteiger partial charge in [0, 0.05) is 12.1 Å². The van der Waals surface area contributed by atoms with Crippen LogP contribution in [0.15, 0.2) is 84.6 Å². The van der Waals surface area contributed by atoms with Gasteiger partial charge in [-0.25, -0.2) is 4.39 Å². The zero-order valence-electron chi connectivity index (χ0n) is 15.5. The molecule has 0 aliphatic carbocycles. The highest BCUT2D eigenvalue weighted by Crippen LogP contribution is 2.43. The number of hydrogen-bond donors (Lipinski definition) is 1. The van der Waals surface area contributed by atoms with Crippen molar-refractivity contribution in [1.29, 1.82) is 0 Å². The zero-order valence-corrected chi connectivity index (χ0v) is 15.5. The molecule has 1 N–H and O–H groups in total. The van der Waals surface area contributed by atoms with Gasteiger partial charge in [0.2, 0.25) is 0 Å². The van der Waals surface area contributed by atoms with Crippen LogP contribution in [0.4, 0.5) is 4.39 Å². The second-order valence-electron chi connectivity index (χ2n) is 7.00. The lowest BCUT2D eigenvalue weighted by molar-refractivity contribution is -0.130. The largest absolute Gasteiger partial charge is 0.503 e. The maximum Gasteiger partial charge on any atom is 0.290 e. The Kier molecular flexibility index (Phi) is 4.70. The molecule has 1 aliphatic rings. The second kappa shape index (κ2) is 7.31. The summed E-state index contributed by atoms with van der Waals surface area (Å²) in [6.07, 6.45) is 0. The molecule has 1 atom stereocenters. The normalized spacial score (nSPS) is 16.7. The van der Waals surface area contributed by atoms with Crippen molar-refractivity contribution >= 4 is 11.5 Å². The first-order valence-corrected chi connectivity index (χ1v) is 9.15. The number of carbonyl (C=O) groups is 1. The standard InChI is InChI=1S/C24H20FNO2/c1-16-7-11-19(12-8-16)22-21(18-5-3-2-4-6-18)23(27)24(28)26(22)15-17-9-13-20(25)14-10-17/h2-14,22,27H,15H2,1H3/t22-/m1/s1. The van der Waals surface area contributed by atoms with E-state index >= 15 is 0 Å². The minimum Gasteiger partial charge on any atom is -0.503 e. The molecule has 3 aromatic carbocycles. The predicted molar refractivity (Wildman–Crippen MR) is 107 cm³/mol. The van der Waals surface area contributed by atoms with Crippen molar-refractivity contribution in [3.8, 4) is 0 Å². The van der Waals surface area contributed by atoms with Gasteiger partial charge in [-0.3, -0.25) is 4.79 Å². The van der Waals surface area contributed by atoms with Gasteiger partial charge in [0.25, 0.3) is 5.91 Å². The van der Waals surface area contributed by atoms with E-state index in [1.165, 1.54) is 12.1 Å². The molecule has 28 heavy (non-hydrogen) atoms. The van der Waals surface area contributed by atoms with Gasteiger partial charge >= 0.3 is 0 Å². The Hall–Kier alpha value is -3.40. The predicted octanol–water partition coefficient (Wildman–Crippen LogP) is 5.19. The van der Waals surface area contributed by atoms with Crippen LogP contribution in [0, 0.1) is 12.7 Å². The van der Waals surface area contributed by atoms with E-state index in [4.69, 9.17) is 0 Å². The van der Waals surface area contributed by atoms with Gasteiger partial charge in [-0.1, -0.05) is 72.3 Å². The van der Waals surface area contributed by atoms with Gasteiger partial charge in [-0.15, -0.1) is 0 Å². The molecule has 4 heteroatoms. The molecule has 0 spiro atoms. The van der Waals surface area contributed by atoms with E-state index in [1.807, 2.05) is 61.5 Å². The molecule has 0 aromatic heterocycles. The van der Waals surface area contributed by atoms with E-state index < -0.39 is 11.9 Å². The smallest absolute Gasteiger partial charge is 0.290 e. The monoisotopic (exact) mass is 373 g/mol. The van der Waals surface area contributed by atoms with Crippen molar-refractivity contribution in [2.24, 2.45) is 0 Å². The van der Waals surface area contributed by atoms with Crippen molar-refractivity contribution in [3.63, 3.8) is 0 Å². The molecular weight excluding hydrogens is 353 g/mol. The molecule has 140 valence electrons. The van der Waals surface area contributed by atoms with E-state index in [2.05, 4.69) is 0 Å². The first-order chi connectivity index (χ1) is 13.5. The van der Waals surface area contributed by atoms with Crippen LogP contribution in [0.3, 0.4) is 0 Å². The number of nitrogens with zero attached hydrogens (tertiary/aromatic N) is 1. The Morgan fingerprint density at radius 3 is 2.21 bits per heavy atom. The summed E-state index contributed by atoms with van der Waals surface area (Å²) in [7, 11) is 0. The lowest BCUT2D eigenvalue weighted by Gasteiger charge is -2.27. The van der Waals surface area contributed by atoms with Crippen molar-refractivity contribution in [2.75, 3.05) is 0 Å². The number of aliphatic hydroxyl groups is 1. The van der Waals surface area contributed by atoms with E-state index in [0.717, 1.165) is 22.3 Å². The molecule has 3 aromatic rings. The minimum absolute atomic E-state index is 0.237. The third-order valence-corrected chi connectivity index (χ3v) is 5.05. The molecule has 4 rings (SSSR count). The zero-order chi connectivity index (χ0) is 19.7. The summed E-state index contributed by atoms with van der Waals surface area (Å²) in [5.41, 5.74) is 4.24. The Morgan fingerprint density at radius 2 is 1.57 bits per heavy atom. The lowest BCUT2D eigenvalue weighted by Crippen LogP contribution is -2.29. The van der Waals surface area contributed by atoms with Gasteiger partial charge in [0.05, 0.1) is 6.04 Å². The summed E-state index contributed by atoms with van der Waals surface area (Å²) in [6.45, 7) is 2.28. The summed E-state index contributed by atoms with van der Waals surface area (Å²) < 4.78 is 13.3. The molecule has 0 bridgehead atoms. The van der Waals surface area contributed by atoms with Crippen LogP contribution in [-0.4, -0.2) is 15.9 Å². The topological polar surface area (TPSA) is 40.5 Å². The first-order valence-electron chi connectivity index (χ1n) is 9.15. The number of hydrogen-bond acceptors (Lipinski definition) is 2. The molecule has 0 saturated heterocycles. The van der Waals surface area contributed by atoms with Crippen molar-refractivity contribution in [2.45, 2.75) is 19.5 Å². The summed E-state index contributed by atoms with van der Waals surface area (Å²) in [5, 5.41) is 10.7. The highest BCUT2D eigenvalue weighted by atomic mass is 19.1. The van der Waals surface area contributed by atoms with Gasteiger partial charge in [0.15, 0.2) is 5.76 Å². The number of aryl methyl sites for hydroxylation is 1. The van der Waals surface area contributed by atoms with Crippen LogP contribution < -0.4 is 0 Å². The molecule has 1 aliphatic heterocycles. The third kappa shape index (κ3) is 3.29. The molecular formula is C24H20FNO2. The Morgan fingerprint density at radius 1 is 0.929 bits per heavy atom. The molecule has 1 amide bonds. The fourth-order valence-corrected chi connectivity index (χ4v) is 3.61. The SMILES string of the molecule is Cc1ccc([C@@H]2C(c3ccccc3)=C(O)C(=O)N2Cc2ccc(F)cc2)cc1. The molecule has 3 nitrogen and oxygen atoms in total. The minimum atomic E-state index is -0.422. The fraction of sp³-hybridized carbons (Fsp3) is 0.125. The number of amides is 1. The lowest BCUT2D eigenvalue weighted by atomic mass is 9.93. The van der Waals surface area contributed by atoms with Crippen LogP contribution >= 0.6 is 0 Å². The van der Waals surface area contributed by atoms with Crippen LogP contribution in [0.25, 0.3) is 5.57 Å². The Balaban J connectivity index is 1.80. The number of benzene rings is 3. The summed E-state index contributed by atoms with van der Waals surface area (Å²) >= 11 is 0. The Labute approximate surface area is 163 Å². The van der Waals surface area contributed by atoms with Crippen molar-refractivity contribution < 1.29 is 14.3 Å². The van der Waals surface area contributed by atoms with Gasteiger partial charge in [-0.2, -0.15) is 0 Å². The molecule has 0 saturated carbocycles. The van der Waals surface area contributed by atoms with E-state index in [-0.39, 0.29) is 18.1 Å². The summed E-state index contributed by atoms with van der Waals surface area (Å²) in [6, 6.07) is 23.0. The van der Waals surface area contributed by atoms with Crippen LogP contribution in [-0.2, 0) is 11.3 Å². The van der Waals surface area contributed by atoms with Crippen molar-refractivity contribution in [1.82, 2.24) is 4.90 Å². The number of halogens is 1. The van der Waals surface area contributed by atoms with E-state index in [0.29, 0.717) is 5.57 Å². The maximum absolute atomic E-state index is 13.3. The molecule has 0 fully saturated rings. The highest BCUT2D eigenvalue weighted by molar-refractivity contribution is 6.05. The van der Waals surface area contributed by atoms with Crippen LogP contribution in [0.2, 0.25) is 0 Å². The molecule has 1 heterocycles. The summed E-state index contributed by atoms with van der Waals surface area (Å²) in [4.78, 5) is 14.6. The maximum atomic E-state index is 13.3. The van der Waals surface area contributed by atoms with E-state index in [9.17, 15) is 14.3 Å². The van der Waals surface area contributed by atoms with Gasteiger partial charge in [-0.05, 0) is 35.7 Å². The number of rotatable bonds is 4.